The maximum absolute atomic E-state index is 12.7. The zero-order chi connectivity index (χ0) is 17.7. The van der Waals surface area contributed by atoms with Gasteiger partial charge in [-0.2, -0.15) is 0 Å². The van der Waals surface area contributed by atoms with Gasteiger partial charge in [0.1, 0.15) is 5.54 Å². The molecule has 1 atom stereocenters. The Bertz CT molecular complexity index is 755. The first-order valence-corrected chi connectivity index (χ1v) is 8.40. The zero-order valence-corrected chi connectivity index (χ0v) is 14.3. The molecule has 0 saturated carbocycles. The predicted molar refractivity (Wildman–Crippen MR) is 94.9 cm³/mol. The molecule has 1 aromatic carbocycles. The van der Waals surface area contributed by atoms with Crippen molar-refractivity contribution in [3.8, 4) is 0 Å². The zero-order valence-electron chi connectivity index (χ0n) is 14.3. The number of benzene rings is 1. The molecule has 6 nitrogen and oxygen atoms in total. The number of amides is 2. The highest BCUT2D eigenvalue weighted by molar-refractivity contribution is 6.00. The Balaban J connectivity index is 1.59. The van der Waals surface area contributed by atoms with E-state index < -0.39 is 5.54 Å². The van der Waals surface area contributed by atoms with E-state index in [9.17, 15) is 9.59 Å². The van der Waals surface area contributed by atoms with Crippen LogP contribution in [0.5, 0.6) is 0 Å². The summed E-state index contributed by atoms with van der Waals surface area (Å²) in [5.41, 5.74) is -0.368. The van der Waals surface area contributed by atoms with Crippen LogP contribution in [-0.4, -0.2) is 44.9 Å². The van der Waals surface area contributed by atoms with Crippen molar-refractivity contribution in [1.29, 1.82) is 0 Å². The molecule has 1 aromatic heterocycles. The molecule has 6 heteroatoms. The van der Waals surface area contributed by atoms with E-state index in [2.05, 4.69) is 10.3 Å². The van der Waals surface area contributed by atoms with Gasteiger partial charge in [-0.05, 0) is 25.5 Å². The number of carbonyl (C=O) groups excluding carboxylic acids is 2. The van der Waals surface area contributed by atoms with E-state index in [0.717, 1.165) is 13.0 Å². The minimum absolute atomic E-state index is 0.137. The highest BCUT2D eigenvalue weighted by Crippen LogP contribution is 2.25. The summed E-state index contributed by atoms with van der Waals surface area (Å²) in [6.07, 6.45) is 9.85. The van der Waals surface area contributed by atoms with Crippen LogP contribution in [0.25, 0.3) is 0 Å². The number of nitrogens with zero attached hydrogens (tertiary/aromatic N) is 3. The summed E-state index contributed by atoms with van der Waals surface area (Å²) in [5.74, 6) is -0.294. The van der Waals surface area contributed by atoms with Gasteiger partial charge in [0.2, 0.25) is 5.91 Å². The minimum Gasteiger partial charge on any atom is -0.354 e. The molecule has 2 aromatic rings. The quantitative estimate of drug-likeness (QED) is 0.646. The third-order valence-corrected chi connectivity index (χ3v) is 4.45. The second kappa shape index (κ2) is 7.34. The van der Waals surface area contributed by atoms with Gasteiger partial charge in [-0.1, -0.05) is 30.4 Å². The topological polar surface area (TPSA) is 67.2 Å². The maximum Gasteiger partial charge on any atom is 0.255 e. The Morgan fingerprint density at radius 1 is 1.28 bits per heavy atom. The number of rotatable bonds is 6. The first-order chi connectivity index (χ1) is 12.1. The number of hydrogen-bond donors (Lipinski definition) is 1. The van der Waals surface area contributed by atoms with Gasteiger partial charge >= 0.3 is 0 Å². The van der Waals surface area contributed by atoms with E-state index in [-0.39, 0.29) is 11.8 Å². The molecule has 2 amide bonds. The fourth-order valence-corrected chi connectivity index (χ4v) is 2.96. The number of imidazole rings is 1. The molecule has 130 valence electrons. The number of aromatic nitrogens is 2. The van der Waals surface area contributed by atoms with Crippen molar-refractivity contribution in [2.75, 3.05) is 13.1 Å². The minimum atomic E-state index is -0.956. The lowest BCUT2D eigenvalue weighted by Crippen LogP contribution is -2.55. The van der Waals surface area contributed by atoms with Gasteiger partial charge in [0.15, 0.2) is 0 Å². The van der Waals surface area contributed by atoms with Crippen molar-refractivity contribution in [3.05, 3.63) is 66.8 Å². The largest absolute Gasteiger partial charge is 0.354 e. The Labute approximate surface area is 147 Å². The summed E-state index contributed by atoms with van der Waals surface area (Å²) in [4.78, 5) is 31.0. The smallest absolute Gasteiger partial charge is 0.255 e. The van der Waals surface area contributed by atoms with E-state index in [1.165, 1.54) is 0 Å². The van der Waals surface area contributed by atoms with Gasteiger partial charge in [0.25, 0.3) is 5.91 Å². The average Bonchev–Trinajstić information content (AvgIpc) is 3.29. The fourth-order valence-electron chi connectivity index (χ4n) is 2.96. The number of nitrogens with one attached hydrogen (secondary N) is 1. The monoisotopic (exact) mass is 338 g/mol. The van der Waals surface area contributed by atoms with E-state index in [0.29, 0.717) is 18.7 Å². The van der Waals surface area contributed by atoms with Crippen LogP contribution in [0.4, 0.5) is 0 Å². The lowest BCUT2D eigenvalue weighted by Gasteiger charge is -2.33. The molecule has 1 aliphatic rings. The third-order valence-electron chi connectivity index (χ3n) is 4.45. The molecule has 0 radical (unpaired) electrons. The molecular formula is C19H22N4O2. The van der Waals surface area contributed by atoms with Crippen molar-refractivity contribution in [1.82, 2.24) is 19.8 Å². The first-order valence-electron chi connectivity index (χ1n) is 8.40. The van der Waals surface area contributed by atoms with Crippen LogP contribution in [0.2, 0.25) is 0 Å². The molecule has 3 rings (SSSR count). The van der Waals surface area contributed by atoms with Crippen LogP contribution >= 0.6 is 0 Å². The summed E-state index contributed by atoms with van der Waals surface area (Å²) >= 11 is 0. The first kappa shape index (κ1) is 17.0. The van der Waals surface area contributed by atoms with Gasteiger partial charge in [0.05, 0.1) is 6.33 Å². The van der Waals surface area contributed by atoms with Crippen LogP contribution in [0.3, 0.4) is 0 Å². The summed E-state index contributed by atoms with van der Waals surface area (Å²) < 4.78 is 1.97. The molecule has 0 unspecified atom stereocenters. The van der Waals surface area contributed by atoms with E-state index >= 15 is 0 Å². The van der Waals surface area contributed by atoms with Crippen LogP contribution in [-0.2, 0) is 11.3 Å². The van der Waals surface area contributed by atoms with Crippen molar-refractivity contribution in [2.45, 2.75) is 25.4 Å². The van der Waals surface area contributed by atoms with Crippen LogP contribution in [0, 0.1) is 0 Å². The number of carbonyl (C=O) groups is 2. The van der Waals surface area contributed by atoms with Gasteiger partial charge in [0, 0.05) is 37.6 Å². The van der Waals surface area contributed by atoms with Crippen molar-refractivity contribution < 1.29 is 9.59 Å². The summed E-state index contributed by atoms with van der Waals surface area (Å²) in [6.45, 7) is 3.56. The van der Waals surface area contributed by atoms with Crippen molar-refractivity contribution in [2.24, 2.45) is 0 Å². The second-order valence-corrected chi connectivity index (χ2v) is 6.24. The average molecular weight is 338 g/mol. The van der Waals surface area contributed by atoms with Gasteiger partial charge in [-0.25, -0.2) is 4.98 Å². The molecule has 25 heavy (non-hydrogen) atoms. The molecule has 0 spiro atoms. The number of hydrogen-bond acceptors (Lipinski definition) is 3. The SMILES string of the molecule is C[C@]1(C(=O)NCCCn2ccnc2)C=CCN1C(=O)c1ccccc1. The molecule has 1 aliphatic heterocycles. The molecule has 0 saturated heterocycles. The molecule has 0 aliphatic carbocycles. The second-order valence-electron chi connectivity index (χ2n) is 6.24. The summed E-state index contributed by atoms with van der Waals surface area (Å²) in [6, 6.07) is 9.05. The van der Waals surface area contributed by atoms with E-state index in [1.54, 1.807) is 42.6 Å². The normalized spacial score (nSPS) is 19.2. The van der Waals surface area contributed by atoms with E-state index in [1.807, 2.05) is 35.0 Å². The highest BCUT2D eigenvalue weighted by atomic mass is 16.2. The van der Waals surface area contributed by atoms with Gasteiger partial charge in [-0.15, -0.1) is 0 Å². The number of aryl methyl sites for hydroxylation is 1. The highest BCUT2D eigenvalue weighted by Gasteiger charge is 2.42. The van der Waals surface area contributed by atoms with Crippen LogP contribution in [0.1, 0.15) is 23.7 Å². The fraction of sp³-hybridized carbons (Fsp3) is 0.316. The lowest BCUT2D eigenvalue weighted by atomic mass is 10.00. The Morgan fingerprint density at radius 2 is 2.08 bits per heavy atom. The lowest BCUT2D eigenvalue weighted by molar-refractivity contribution is -0.128. The summed E-state index contributed by atoms with van der Waals surface area (Å²) in [5, 5.41) is 2.95. The Kier molecular flexibility index (Phi) is 4.97. The molecule has 1 N–H and O–H groups in total. The summed E-state index contributed by atoms with van der Waals surface area (Å²) in [7, 11) is 0. The third kappa shape index (κ3) is 3.63. The molecular weight excluding hydrogens is 316 g/mol. The Morgan fingerprint density at radius 3 is 2.80 bits per heavy atom. The molecule has 2 heterocycles. The van der Waals surface area contributed by atoms with Crippen molar-refractivity contribution >= 4 is 11.8 Å². The van der Waals surface area contributed by atoms with E-state index in [4.69, 9.17) is 0 Å². The van der Waals surface area contributed by atoms with Crippen LogP contribution in [0.15, 0.2) is 61.2 Å². The Hall–Kier alpha value is -2.89. The van der Waals surface area contributed by atoms with Crippen molar-refractivity contribution in [3.63, 3.8) is 0 Å². The molecule has 0 bridgehead atoms. The standard InChI is InChI=1S/C19H22N4O2/c1-19(18(25)21-10-6-12-22-14-11-20-15-22)9-5-13-23(19)17(24)16-7-3-2-4-8-16/h2-5,7-9,11,14-15H,6,10,12-13H2,1H3,(H,21,25)/t19-/m1/s1. The predicted octanol–water partition coefficient (Wildman–Crippen LogP) is 1.86. The maximum atomic E-state index is 12.7. The van der Waals surface area contributed by atoms with Gasteiger partial charge < -0.3 is 14.8 Å². The molecule has 0 fully saturated rings. The van der Waals surface area contributed by atoms with Gasteiger partial charge in [-0.3, -0.25) is 9.59 Å². The van der Waals surface area contributed by atoms with Crippen LogP contribution < -0.4 is 5.32 Å².